The number of hydrogen-bond donors (Lipinski definition) is 1. The van der Waals surface area contributed by atoms with Gasteiger partial charge in [0.25, 0.3) is 11.5 Å². The van der Waals surface area contributed by atoms with Gasteiger partial charge in [-0.05, 0) is 50.9 Å². The van der Waals surface area contributed by atoms with Gasteiger partial charge in [-0.2, -0.15) is 4.52 Å². The predicted octanol–water partition coefficient (Wildman–Crippen LogP) is 3.01. The van der Waals surface area contributed by atoms with Crippen LogP contribution in [-0.2, 0) is 0 Å². The second-order valence-electron chi connectivity index (χ2n) is 7.86. The molecular weight excluding hydrogens is 374 g/mol. The van der Waals surface area contributed by atoms with Crippen molar-refractivity contribution in [1.29, 1.82) is 0 Å². The van der Waals surface area contributed by atoms with Crippen LogP contribution < -0.4 is 15.8 Å². The smallest absolute Gasteiger partial charge is 0.288 e. The monoisotopic (exact) mass is 401 g/mol. The number of amides is 1. The van der Waals surface area contributed by atoms with E-state index in [-0.39, 0.29) is 11.5 Å². The Morgan fingerprint density at radius 1 is 1.36 bits per heavy atom. The number of carbonyl (C=O) groups excluding carboxylic acids is 1. The topological polar surface area (TPSA) is 79.6 Å². The molecule has 0 saturated carbocycles. The lowest BCUT2D eigenvalue weighted by Gasteiger charge is -2.30. The van der Waals surface area contributed by atoms with Gasteiger partial charge >= 0.3 is 0 Å². The number of rotatable bonds is 5. The molecule has 0 radical (unpaired) electrons. The minimum absolute atomic E-state index is 0.0546. The molecule has 2 aliphatic rings. The number of aromatic nitrogens is 3. The first-order valence-electron chi connectivity index (χ1n) is 10.2. The normalized spacial score (nSPS) is 20.2. The second-order valence-corrected chi connectivity index (χ2v) is 8.80. The van der Waals surface area contributed by atoms with E-state index in [4.69, 9.17) is 0 Å². The SMILES string of the molecule is CC1CCCN(c2nn3c(=O)c(C(=O)NCCC4=CCCCC4)cnc3s2)C1. The highest BCUT2D eigenvalue weighted by atomic mass is 32.1. The molecule has 1 amide bonds. The minimum atomic E-state index is -0.396. The Bertz CT molecular complexity index is 948. The van der Waals surface area contributed by atoms with Gasteiger partial charge in [-0.15, -0.1) is 5.10 Å². The van der Waals surface area contributed by atoms with Crippen LogP contribution in [0.25, 0.3) is 4.96 Å². The van der Waals surface area contributed by atoms with Gasteiger partial charge in [-0.25, -0.2) is 4.98 Å². The van der Waals surface area contributed by atoms with Crippen LogP contribution in [0.1, 0.15) is 62.2 Å². The zero-order chi connectivity index (χ0) is 19.5. The Balaban J connectivity index is 1.46. The standard InChI is InChI=1S/C20H27N5O2S/c1-14-6-5-11-24(13-14)20-23-25-18(27)16(12-22-19(25)28-20)17(26)21-10-9-15-7-3-2-4-8-15/h7,12,14H,2-6,8-11,13H2,1H3,(H,21,26). The first-order valence-corrected chi connectivity index (χ1v) is 11.0. The molecule has 3 heterocycles. The Morgan fingerprint density at radius 2 is 2.25 bits per heavy atom. The van der Waals surface area contributed by atoms with Gasteiger partial charge in [0, 0.05) is 25.8 Å². The lowest BCUT2D eigenvalue weighted by molar-refractivity contribution is 0.0952. The lowest BCUT2D eigenvalue weighted by atomic mass is 9.97. The minimum Gasteiger partial charge on any atom is -0.351 e. The summed E-state index contributed by atoms with van der Waals surface area (Å²) in [6.07, 6.45) is 11.6. The fourth-order valence-electron chi connectivity index (χ4n) is 3.99. The number of nitrogens with one attached hydrogen (secondary N) is 1. The molecule has 1 N–H and O–H groups in total. The van der Waals surface area contributed by atoms with E-state index in [1.165, 1.54) is 46.9 Å². The van der Waals surface area contributed by atoms with Crippen molar-refractivity contribution in [2.75, 3.05) is 24.5 Å². The van der Waals surface area contributed by atoms with Gasteiger partial charge in [0.05, 0.1) is 0 Å². The highest BCUT2D eigenvalue weighted by Crippen LogP contribution is 2.26. The van der Waals surface area contributed by atoms with Crippen molar-refractivity contribution in [3.05, 3.63) is 33.8 Å². The average molecular weight is 402 g/mol. The number of hydrogen-bond acceptors (Lipinski definition) is 6. The largest absolute Gasteiger partial charge is 0.351 e. The molecule has 0 aromatic carbocycles. The van der Waals surface area contributed by atoms with Crippen molar-refractivity contribution in [3.8, 4) is 0 Å². The highest BCUT2D eigenvalue weighted by molar-refractivity contribution is 7.20. The Kier molecular flexibility index (Phi) is 5.75. The summed E-state index contributed by atoms with van der Waals surface area (Å²) in [5.74, 6) is 0.246. The summed E-state index contributed by atoms with van der Waals surface area (Å²) in [4.78, 5) is 32.3. The zero-order valence-electron chi connectivity index (χ0n) is 16.3. The molecule has 1 atom stereocenters. The van der Waals surface area contributed by atoms with E-state index in [0.29, 0.717) is 17.4 Å². The van der Waals surface area contributed by atoms with E-state index in [2.05, 4.69) is 33.3 Å². The van der Waals surface area contributed by atoms with Crippen molar-refractivity contribution in [3.63, 3.8) is 0 Å². The number of carbonyl (C=O) groups is 1. The van der Waals surface area contributed by atoms with Crippen LogP contribution in [-0.4, -0.2) is 40.1 Å². The summed E-state index contributed by atoms with van der Waals surface area (Å²) in [6.45, 7) is 4.66. The Labute approximate surface area is 168 Å². The molecule has 1 unspecified atom stereocenters. The third-order valence-corrected chi connectivity index (χ3v) is 6.55. The second kappa shape index (κ2) is 8.43. The average Bonchev–Trinajstić information content (AvgIpc) is 3.14. The molecule has 4 rings (SSSR count). The van der Waals surface area contributed by atoms with Gasteiger partial charge in [-0.3, -0.25) is 9.59 Å². The van der Waals surface area contributed by atoms with E-state index in [1.807, 2.05) is 0 Å². The van der Waals surface area contributed by atoms with Crippen LogP contribution in [0.5, 0.6) is 0 Å². The molecule has 1 fully saturated rings. The lowest BCUT2D eigenvalue weighted by Crippen LogP contribution is -2.35. The van der Waals surface area contributed by atoms with Crippen LogP contribution in [0.2, 0.25) is 0 Å². The summed E-state index contributed by atoms with van der Waals surface area (Å²) >= 11 is 1.40. The summed E-state index contributed by atoms with van der Waals surface area (Å²) < 4.78 is 1.28. The molecule has 7 nitrogen and oxygen atoms in total. The van der Waals surface area contributed by atoms with Gasteiger partial charge in [0.2, 0.25) is 10.1 Å². The van der Waals surface area contributed by atoms with E-state index in [0.717, 1.165) is 43.9 Å². The molecule has 150 valence electrons. The van der Waals surface area contributed by atoms with Crippen LogP contribution >= 0.6 is 11.3 Å². The van der Waals surface area contributed by atoms with Crippen LogP contribution in [0.3, 0.4) is 0 Å². The van der Waals surface area contributed by atoms with Gasteiger partial charge in [0.1, 0.15) is 5.56 Å². The van der Waals surface area contributed by atoms with Gasteiger partial charge in [0.15, 0.2) is 0 Å². The highest BCUT2D eigenvalue weighted by Gasteiger charge is 2.22. The van der Waals surface area contributed by atoms with Crippen LogP contribution in [0.15, 0.2) is 22.6 Å². The Hall–Kier alpha value is -2.22. The Morgan fingerprint density at radius 3 is 3.04 bits per heavy atom. The van der Waals surface area contributed by atoms with Crippen molar-refractivity contribution in [2.45, 2.75) is 51.9 Å². The first-order chi connectivity index (χ1) is 13.6. The number of piperidine rings is 1. The molecule has 1 aliphatic carbocycles. The van der Waals surface area contributed by atoms with Crippen LogP contribution in [0.4, 0.5) is 5.13 Å². The third kappa shape index (κ3) is 4.11. The molecule has 8 heteroatoms. The van der Waals surface area contributed by atoms with E-state index in [1.54, 1.807) is 0 Å². The molecule has 1 aliphatic heterocycles. The van der Waals surface area contributed by atoms with Crippen molar-refractivity contribution in [1.82, 2.24) is 19.9 Å². The molecule has 1 saturated heterocycles. The van der Waals surface area contributed by atoms with Crippen molar-refractivity contribution >= 4 is 27.3 Å². The van der Waals surface area contributed by atoms with Gasteiger partial charge < -0.3 is 10.2 Å². The maximum atomic E-state index is 12.8. The molecule has 28 heavy (non-hydrogen) atoms. The van der Waals surface area contributed by atoms with Gasteiger partial charge in [-0.1, -0.05) is 29.9 Å². The summed E-state index contributed by atoms with van der Waals surface area (Å²) in [7, 11) is 0. The molecule has 0 spiro atoms. The fraction of sp³-hybridized carbons (Fsp3) is 0.600. The number of allylic oxidation sites excluding steroid dienone is 1. The predicted molar refractivity (Wildman–Crippen MR) is 111 cm³/mol. The van der Waals surface area contributed by atoms with E-state index < -0.39 is 5.56 Å². The molecular formula is C20H27N5O2S. The molecule has 0 bridgehead atoms. The summed E-state index contributed by atoms with van der Waals surface area (Å²) in [5.41, 5.74) is 1.06. The van der Waals surface area contributed by atoms with Crippen molar-refractivity contribution in [2.24, 2.45) is 5.92 Å². The maximum Gasteiger partial charge on any atom is 0.288 e. The van der Waals surface area contributed by atoms with E-state index >= 15 is 0 Å². The van der Waals surface area contributed by atoms with E-state index in [9.17, 15) is 9.59 Å². The number of nitrogens with zero attached hydrogens (tertiary/aromatic N) is 4. The molecule has 2 aromatic heterocycles. The van der Waals surface area contributed by atoms with Crippen molar-refractivity contribution < 1.29 is 4.79 Å². The maximum absolute atomic E-state index is 12.8. The summed E-state index contributed by atoms with van der Waals surface area (Å²) in [6, 6.07) is 0. The number of anilines is 1. The summed E-state index contributed by atoms with van der Waals surface area (Å²) in [5, 5.41) is 8.13. The number of fused-ring (bicyclic) bond motifs is 1. The first kappa shape index (κ1) is 19.1. The third-order valence-electron chi connectivity index (χ3n) is 5.57. The molecule has 2 aromatic rings. The zero-order valence-corrected chi connectivity index (χ0v) is 17.1. The van der Waals surface area contributed by atoms with Crippen LogP contribution in [0, 0.1) is 5.92 Å². The quantitative estimate of drug-likeness (QED) is 0.779. The fourth-order valence-corrected chi connectivity index (χ4v) is 4.88.